The average molecular weight is 478 g/mol. The lowest BCUT2D eigenvalue weighted by molar-refractivity contribution is -0.125. The zero-order chi connectivity index (χ0) is 23.5. The van der Waals surface area contributed by atoms with Crippen LogP contribution in [0.15, 0.2) is 54.7 Å². The van der Waals surface area contributed by atoms with E-state index in [0.29, 0.717) is 13.1 Å². The molecule has 0 bridgehead atoms. The Morgan fingerprint density at radius 1 is 1.09 bits per heavy atom. The van der Waals surface area contributed by atoms with Crippen LogP contribution in [0.25, 0.3) is 16.2 Å². The van der Waals surface area contributed by atoms with Crippen molar-refractivity contribution in [2.45, 2.75) is 19.4 Å². The van der Waals surface area contributed by atoms with Crippen molar-refractivity contribution >= 4 is 27.3 Å². The van der Waals surface area contributed by atoms with E-state index in [-0.39, 0.29) is 11.8 Å². The number of ether oxygens (including phenoxy) is 2. The van der Waals surface area contributed by atoms with Crippen molar-refractivity contribution < 1.29 is 14.3 Å². The lowest BCUT2D eigenvalue weighted by Crippen LogP contribution is -2.43. The third-order valence-corrected chi connectivity index (χ3v) is 7.09. The van der Waals surface area contributed by atoms with Gasteiger partial charge in [-0.05, 0) is 54.8 Å². The molecule has 1 atom stereocenters. The molecule has 1 fully saturated rings. The molecule has 1 aliphatic rings. The Hall–Kier alpha value is -3.59. The van der Waals surface area contributed by atoms with E-state index >= 15 is 0 Å². The molecule has 0 saturated carbocycles. The number of carbonyl (C=O) groups excluding carboxylic acids is 1. The van der Waals surface area contributed by atoms with Crippen LogP contribution in [0, 0.1) is 5.92 Å². The number of nitrogens with one attached hydrogen (secondary N) is 1. The van der Waals surface area contributed by atoms with Crippen LogP contribution in [0.1, 0.15) is 18.4 Å². The number of anilines is 1. The summed E-state index contributed by atoms with van der Waals surface area (Å²) in [5.41, 5.74) is 2.95. The second kappa shape index (κ2) is 9.72. The highest BCUT2D eigenvalue weighted by Crippen LogP contribution is 2.30. The molecule has 4 aromatic rings. The van der Waals surface area contributed by atoms with Crippen LogP contribution in [0.5, 0.6) is 11.5 Å². The number of aromatic nitrogens is 3. The zero-order valence-electron chi connectivity index (χ0n) is 19.2. The number of rotatable bonds is 7. The predicted octanol–water partition coefficient (Wildman–Crippen LogP) is 4.01. The molecule has 176 valence electrons. The van der Waals surface area contributed by atoms with Crippen molar-refractivity contribution in [2.75, 3.05) is 32.2 Å². The third-order valence-electron chi connectivity index (χ3n) is 6.11. The van der Waals surface area contributed by atoms with Gasteiger partial charge in [-0.15, -0.1) is 5.10 Å². The van der Waals surface area contributed by atoms with E-state index in [9.17, 15) is 4.79 Å². The molecule has 8 nitrogen and oxygen atoms in total. The van der Waals surface area contributed by atoms with E-state index in [1.54, 1.807) is 25.6 Å². The fourth-order valence-corrected chi connectivity index (χ4v) is 5.08. The summed E-state index contributed by atoms with van der Waals surface area (Å²) in [7, 11) is 3.30. The van der Waals surface area contributed by atoms with Gasteiger partial charge in [-0.2, -0.15) is 0 Å². The molecule has 1 amide bonds. The minimum absolute atomic E-state index is 0.0573. The number of carbonyl (C=O) groups is 1. The van der Waals surface area contributed by atoms with Crippen LogP contribution in [0.3, 0.4) is 0 Å². The van der Waals surface area contributed by atoms with Crippen LogP contribution < -0.4 is 19.7 Å². The third kappa shape index (κ3) is 4.70. The number of fused-ring (bicyclic) bond motifs is 1. The van der Waals surface area contributed by atoms with Gasteiger partial charge in [0.05, 0.1) is 32.0 Å². The summed E-state index contributed by atoms with van der Waals surface area (Å²) >= 11 is 1.55. The number of methoxy groups -OCH3 is 2. The molecule has 3 heterocycles. The molecular formula is C25H27N5O3S. The molecule has 1 N–H and O–H groups in total. The Kier molecular flexibility index (Phi) is 6.35. The number of amides is 1. The van der Waals surface area contributed by atoms with Gasteiger partial charge in [0.25, 0.3) is 0 Å². The number of nitrogens with zero attached hydrogens (tertiary/aromatic N) is 4. The van der Waals surface area contributed by atoms with Gasteiger partial charge in [-0.1, -0.05) is 23.5 Å². The number of piperidine rings is 1. The van der Waals surface area contributed by atoms with Crippen molar-refractivity contribution in [3.8, 4) is 22.8 Å². The molecule has 5 rings (SSSR count). The maximum absolute atomic E-state index is 12.8. The highest BCUT2D eigenvalue weighted by atomic mass is 32.1. The molecular weight excluding hydrogens is 450 g/mol. The number of benzene rings is 2. The Bertz CT molecular complexity index is 1230. The Morgan fingerprint density at radius 3 is 2.47 bits per heavy atom. The van der Waals surface area contributed by atoms with E-state index in [1.165, 1.54) is 0 Å². The van der Waals surface area contributed by atoms with Crippen LogP contribution in [0.4, 0.5) is 5.13 Å². The molecule has 9 heteroatoms. The summed E-state index contributed by atoms with van der Waals surface area (Å²) in [5.74, 6) is 1.66. The first-order valence-corrected chi connectivity index (χ1v) is 12.1. The van der Waals surface area contributed by atoms with Gasteiger partial charge in [0.15, 0.2) is 0 Å². The first-order valence-electron chi connectivity index (χ1n) is 11.3. The molecule has 1 unspecified atom stereocenters. The predicted molar refractivity (Wildman–Crippen MR) is 133 cm³/mol. The maximum Gasteiger partial charge on any atom is 0.225 e. The molecule has 0 aliphatic carbocycles. The van der Waals surface area contributed by atoms with Crippen molar-refractivity contribution in [2.24, 2.45) is 5.92 Å². The molecule has 34 heavy (non-hydrogen) atoms. The van der Waals surface area contributed by atoms with Crippen LogP contribution >= 0.6 is 11.3 Å². The first-order chi connectivity index (χ1) is 16.6. The normalized spacial score (nSPS) is 15.9. The van der Waals surface area contributed by atoms with E-state index in [2.05, 4.69) is 10.2 Å². The van der Waals surface area contributed by atoms with Gasteiger partial charge in [0, 0.05) is 25.2 Å². The van der Waals surface area contributed by atoms with E-state index in [0.717, 1.165) is 57.8 Å². The SMILES string of the molecule is COc1ccc(CNC(=O)C2CCCN(c3nn4cc(-c5ccc(OC)cc5)nc4s3)C2)cc1. The highest BCUT2D eigenvalue weighted by Gasteiger charge is 2.28. The number of imidazole rings is 1. The monoisotopic (exact) mass is 477 g/mol. The van der Waals surface area contributed by atoms with E-state index in [1.807, 2.05) is 59.2 Å². The van der Waals surface area contributed by atoms with Gasteiger partial charge in [0.1, 0.15) is 11.5 Å². The standard InChI is InChI=1S/C25H27N5O3S/c1-32-20-9-5-17(6-10-20)14-26-23(31)19-4-3-13-29(15-19)25-28-30-16-22(27-24(30)34-25)18-7-11-21(33-2)12-8-18/h5-12,16,19H,3-4,13-15H2,1-2H3,(H,26,31). The highest BCUT2D eigenvalue weighted by molar-refractivity contribution is 7.20. The molecule has 0 radical (unpaired) electrons. The van der Waals surface area contributed by atoms with Crippen LogP contribution in [0.2, 0.25) is 0 Å². The van der Waals surface area contributed by atoms with Gasteiger partial charge in [-0.3, -0.25) is 4.79 Å². The lowest BCUT2D eigenvalue weighted by Gasteiger charge is -2.31. The maximum atomic E-state index is 12.8. The smallest absolute Gasteiger partial charge is 0.225 e. The van der Waals surface area contributed by atoms with Crippen LogP contribution in [-0.4, -0.2) is 47.8 Å². The molecule has 1 aliphatic heterocycles. The van der Waals surface area contributed by atoms with Crippen LogP contribution in [-0.2, 0) is 11.3 Å². The molecule has 1 saturated heterocycles. The fraction of sp³-hybridized carbons (Fsp3) is 0.320. The van der Waals surface area contributed by atoms with Crippen molar-refractivity contribution in [1.29, 1.82) is 0 Å². The summed E-state index contributed by atoms with van der Waals surface area (Å²) in [6.07, 6.45) is 3.79. The largest absolute Gasteiger partial charge is 0.497 e. The summed E-state index contributed by atoms with van der Waals surface area (Å²) in [4.78, 5) is 20.6. The van der Waals surface area contributed by atoms with Gasteiger partial charge in [0.2, 0.25) is 16.0 Å². The van der Waals surface area contributed by atoms with E-state index < -0.39 is 0 Å². The van der Waals surface area contributed by atoms with Crippen molar-refractivity contribution in [3.63, 3.8) is 0 Å². The second-order valence-electron chi connectivity index (χ2n) is 8.32. The van der Waals surface area contributed by atoms with Gasteiger partial charge in [-0.25, -0.2) is 9.50 Å². The molecule has 2 aromatic heterocycles. The minimum Gasteiger partial charge on any atom is -0.497 e. The van der Waals surface area contributed by atoms with Crippen molar-refractivity contribution in [3.05, 3.63) is 60.3 Å². The topological polar surface area (TPSA) is 81.0 Å². The summed E-state index contributed by atoms with van der Waals surface area (Å²) < 4.78 is 12.2. The fourth-order valence-electron chi connectivity index (χ4n) is 4.16. The lowest BCUT2D eigenvalue weighted by atomic mass is 9.97. The van der Waals surface area contributed by atoms with E-state index in [4.69, 9.17) is 19.6 Å². The first kappa shape index (κ1) is 22.2. The van der Waals surface area contributed by atoms with Crippen molar-refractivity contribution in [1.82, 2.24) is 19.9 Å². The Labute approximate surface area is 202 Å². The summed E-state index contributed by atoms with van der Waals surface area (Å²) in [6.45, 7) is 2.07. The van der Waals surface area contributed by atoms with Gasteiger partial charge < -0.3 is 19.7 Å². The second-order valence-corrected chi connectivity index (χ2v) is 9.25. The number of hydrogen-bond acceptors (Lipinski definition) is 7. The molecule has 2 aromatic carbocycles. The Balaban J connectivity index is 1.22. The molecule has 0 spiro atoms. The summed E-state index contributed by atoms with van der Waals surface area (Å²) in [6, 6.07) is 15.6. The number of hydrogen-bond donors (Lipinski definition) is 1. The average Bonchev–Trinajstić information content (AvgIpc) is 3.47. The summed E-state index contributed by atoms with van der Waals surface area (Å²) in [5, 5.41) is 8.73. The quantitative estimate of drug-likeness (QED) is 0.433. The zero-order valence-corrected chi connectivity index (χ0v) is 20.0. The Morgan fingerprint density at radius 2 is 1.79 bits per heavy atom. The van der Waals surface area contributed by atoms with Gasteiger partial charge >= 0.3 is 0 Å². The minimum atomic E-state index is -0.0573.